The van der Waals surface area contributed by atoms with Gasteiger partial charge >= 0.3 is 0 Å². The molecule has 0 spiro atoms. The van der Waals surface area contributed by atoms with E-state index in [1.807, 2.05) is 19.1 Å². The van der Waals surface area contributed by atoms with Crippen LogP contribution in [0.4, 0.5) is 17.2 Å². The Labute approximate surface area is 181 Å². The molecule has 2 aromatic heterocycles. The van der Waals surface area contributed by atoms with Crippen molar-refractivity contribution in [3.63, 3.8) is 0 Å². The van der Waals surface area contributed by atoms with Gasteiger partial charge in [0.15, 0.2) is 7.85 Å². The van der Waals surface area contributed by atoms with Crippen molar-refractivity contribution in [1.82, 2.24) is 14.8 Å². The SMILES string of the molecule is [B]C(O)(O)c1cnc(NC(=C)C2CC2)cc1Nc1ccc2cnn(CC#N)c2c1CC. The first-order chi connectivity index (χ1) is 14.8. The molecule has 1 aromatic carbocycles. The molecule has 0 saturated heterocycles. The zero-order valence-electron chi connectivity index (χ0n) is 17.3. The van der Waals surface area contributed by atoms with E-state index >= 15 is 0 Å². The van der Waals surface area contributed by atoms with Crippen LogP contribution in [0.5, 0.6) is 0 Å². The third kappa shape index (κ3) is 4.26. The Kier molecular flexibility index (Phi) is 5.44. The first-order valence-electron chi connectivity index (χ1n) is 10.1. The Morgan fingerprint density at radius 2 is 2.13 bits per heavy atom. The van der Waals surface area contributed by atoms with Crippen molar-refractivity contribution >= 4 is 35.9 Å². The predicted octanol–water partition coefficient (Wildman–Crippen LogP) is 2.86. The van der Waals surface area contributed by atoms with Gasteiger partial charge in [0.2, 0.25) is 0 Å². The van der Waals surface area contributed by atoms with Gasteiger partial charge in [-0.1, -0.05) is 13.5 Å². The first kappa shape index (κ1) is 20.9. The van der Waals surface area contributed by atoms with Crippen LogP contribution < -0.4 is 10.6 Å². The minimum atomic E-state index is -2.57. The Bertz CT molecular complexity index is 1190. The van der Waals surface area contributed by atoms with E-state index in [0.29, 0.717) is 23.8 Å². The number of nitrogens with one attached hydrogen (secondary N) is 2. The summed E-state index contributed by atoms with van der Waals surface area (Å²) in [6.07, 6.45) is 5.93. The summed E-state index contributed by atoms with van der Waals surface area (Å²) in [7, 11) is 5.57. The van der Waals surface area contributed by atoms with Crippen LogP contribution in [-0.2, 0) is 18.7 Å². The molecule has 0 aliphatic heterocycles. The second kappa shape index (κ2) is 8.06. The van der Waals surface area contributed by atoms with Crippen molar-refractivity contribution in [3.05, 3.63) is 54.0 Å². The fraction of sp³-hybridized carbons (Fsp3) is 0.318. The van der Waals surface area contributed by atoms with E-state index in [1.54, 1.807) is 16.9 Å². The smallest absolute Gasteiger partial charge is 0.161 e. The van der Waals surface area contributed by atoms with Gasteiger partial charge in [-0.2, -0.15) is 10.4 Å². The third-order valence-electron chi connectivity index (χ3n) is 5.41. The number of pyridine rings is 1. The van der Waals surface area contributed by atoms with Crippen LogP contribution in [0.3, 0.4) is 0 Å². The Morgan fingerprint density at radius 3 is 2.77 bits per heavy atom. The number of nitriles is 1. The molecule has 9 heteroatoms. The van der Waals surface area contributed by atoms with Gasteiger partial charge in [0.05, 0.1) is 23.5 Å². The van der Waals surface area contributed by atoms with Gasteiger partial charge in [-0.15, -0.1) is 0 Å². The van der Waals surface area contributed by atoms with E-state index in [4.69, 9.17) is 13.1 Å². The maximum Gasteiger partial charge on any atom is 0.161 e. The van der Waals surface area contributed by atoms with Gasteiger partial charge < -0.3 is 20.8 Å². The van der Waals surface area contributed by atoms with Gasteiger partial charge in [-0.05, 0) is 37.3 Å². The van der Waals surface area contributed by atoms with Gasteiger partial charge in [-0.25, -0.2) is 4.98 Å². The molecule has 2 heterocycles. The van der Waals surface area contributed by atoms with Crippen LogP contribution in [0, 0.1) is 17.2 Å². The molecule has 4 N–H and O–H groups in total. The largest absolute Gasteiger partial charge is 0.371 e. The highest BCUT2D eigenvalue weighted by Crippen LogP contribution is 2.37. The lowest BCUT2D eigenvalue weighted by Crippen LogP contribution is -2.26. The summed E-state index contributed by atoms with van der Waals surface area (Å²) in [5.41, 5.74) is 1.30. The highest BCUT2D eigenvalue weighted by Gasteiger charge is 2.26. The first-order valence-corrected chi connectivity index (χ1v) is 10.1. The number of anilines is 3. The van der Waals surface area contributed by atoms with Crippen molar-refractivity contribution in [3.8, 4) is 6.07 Å². The third-order valence-corrected chi connectivity index (χ3v) is 5.41. The highest BCUT2D eigenvalue weighted by atomic mass is 16.5. The molecule has 3 aromatic rings. The van der Waals surface area contributed by atoms with Gasteiger partial charge in [0, 0.05) is 40.2 Å². The minimum absolute atomic E-state index is 0.0303. The van der Waals surface area contributed by atoms with Crippen LogP contribution in [0.2, 0.25) is 0 Å². The number of aryl methyl sites for hydroxylation is 1. The summed E-state index contributed by atoms with van der Waals surface area (Å²) >= 11 is 0. The summed E-state index contributed by atoms with van der Waals surface area (Å²) in [4.78, 5) is 4.26. The van der Waals surface area contributed by atoms with E-state index < -0.39 is 5.69 Å². The molecule has 8 nitrogen and oxygen atoms in total. The molecule has 4 rings (SSSR count). The van der Waals surface area contributed by atoms with Gasteiger partial charge in [-0.3, -0.25) is 4.68 Å². The quantitative estimate of drug-likeness (QED) is 0.331. The molecule has 1 saturated carbocycles. The average Bonchev–Trinajstić information content (AvgIpc) is 3.50. The van der Waals surface area contributed by atoms with E-state index in [1.165, 1.54) is 6.20 Å². The summed E-state index contributed by atoms with van der Waals surface area (Å²) in [5.74, 6) is 0.970. The van der Waals surface area contributed by atoms with E-state index in [-0.39, 0.29) is 12.1 Å². The standard InChI is InChI=1S/C22H23BN6O2/c1-3-16-18(7-6-15-11-26-29(9-8-24)21(15)16)28-19-10-20(27-13(2)14-4-5-14)25-12-17(19)22(23,30)31/h6-7,10-12,14,30-31H,2-5,9H2,1H3,(H2,25,27,28). The van der Waals surface area contributed by atoms with Crippen molar-refractivity contribution in [2.75, 3.05) is 10.6 Å². The molecule has 2 radical (unpaired) electrons. The summed E-state index contributed by atoms with van der Waals surface area (Å²) in [5, 5.41) is 40.9. The van der Waals surface area contributed by atoms with Gasteiger partial charge in [0.1, 0.15) is 18.0 Å². The highest BCUT2D eigenvalue weighted by molar-refractivity contribution is 6.13. The molecule has 1 aliphatic rings. The average molecular weight is 414 g/mol. The fourth-order valence-electron chi connectivity index (χ4n) is 3.68. The van der Waals surface area contributed by atoms with Gasteiger partial charge in [0.25, 0.3) is 0 Å². The fourth-order valence-corrected chi connectivity index (χ4v) is 3.68. The van der Waals surface area contributed by atoms with Crippen molar-refractivity contribution < 1.29 is 10.2 Å². The lowest BCUT2D eigenvalue weighted by Gasteiger charge is -2.23. The maximum atomic E-state index is 10.1. The number of rotatable bonds is 8. The molecule has 0 atom stereocenters. The molecule has 156 valence electrons. The van der Waals surface area contributed by atoms with E-state index in [0.717, 1.165) is 40.7 Å². The lowest BCUT2D eigenvalue weighted by atomic mass is 9.87. The van der Waals surface area contributed by atoms with Crippen LogP contribution in [-0.4, -0.2) is 32.8 Å². The van der Waals surface area contributed by atoms with Crippen LogP contribution in [0.15, 0.2) is 42.9 Å². The number of allylic oxidation sites excluding steroid dienone is 1. The molecular weight excluding hydrogens is 391 g/mol. The summed E-state index contributed by atoms with van der Waals surface area (Å²) in [6, 6.07) is 7.60. The zero-order chi connectivity index (χ0) is 22.2. The lowest BCUT2D eigenvalue weighted by molar-refractivity contribution is -0.0906. The Hall–Kier alpha value is -3.35. The molecular formula is C22H23BN6O2. The van der Waals surface area contributed by atoms with Crippen molar-refractivity contribution in [2.45, 2.75) is 38.4 Å². The summed E-state index contributed by atoms with van der Waals surface area (Å²) in [6.45, 7) is 6.19. The van der Waals surface area contributed by atoms with Crippen molar-refractivity contribution in [2.24, 2.45) is 5.92 Å². The number of fused-ring (bicyclic) bond motifs is 1. The Balaban J connectivity index is 1.76. The zero-order valence-corrected chi connectivity index (χ0v) is 17.3. The van der Waals surface area contributed by atoms with Crippen molar-refractivity contribution in [1.29, 1.82) is 5.26 Å². The monoisotopic (exact) mass is 414 g/mol. The second-order valence-electron chi connectivity index (χ2n) is 7.73. The number of aromatic nitrogens is 3. The van der Waals surface area contributed by atoms with E-state index in [2.05, 4.69) is 33.4 Å². The number of nitrogens with zero attached hydrogens (tertiary/aromatic N) is 4. The van der Waals surface area contributed by atoms with Crippen LogP contribution >= 0.6 is 0 Å². The minimum Gasteiger partial charge on any atom is -0.371 e. The summed E-state index contributed by atoms with van der Waals surface area (Å²) < 4.78 is 1.66. The Morgan fingerprint density at radius 1 is 1.35 bits per heavy atom. The molecule has 31 heavy (non-hydrogen) atoms. The predicted molar refractivity (Wildman–Crippen MR) is 120 cm³/mol. The molecule has 1 fully saturated rings. The van der Waals surface area contributed by atoms with E-state index in [9.17, 15) is 10.2 Å². The molecule has 0 unspecified atom stereocenters. The topological polar surface area (TPSA) is 119 Å². The second-order valence-corrected chi connectivity index (χ2v) is 7.73. The number of aliphatic hydroxyl groups is 2. The number of hydrogen-bond donors (Lipinski definition) is 4. The molecule has 0 bridgehead atoms. The number of hydrogen-bond acceptors (Lipinski definition) is 7. The molecule has 1 aliphatic carbocycles. The molecule has 0 amide bonds. The maximum absolute atomic E-state index is 10.1. The number of benzene rings is 1. The van der Waals surface area contributed by atoms with Crippen LogP contribution in [0.25, 0.3) is 10.9 Å². The van der Waals surface area contributed by atoms with Crippen LogP contribution in [0.1, 0.15) is 30.9 Å². The normalized spacial score (nSPS) is 13.7.